The fourth-order valence-electron chi connectivity index (χ4n) is 6.24. The maximum absolute atomic E-state index is 14.2. The van der Waals surface area contributed by atoms with Crippen molar-refractivity contribution in [2.24, 2.45) is 5.73 Å². The summed E-state index contributed by atoms with van der Waals surface area (Å²) < 4.78 is 42.9. The summed E-state index contributed by atoms with van der Waals surface area (Å²) in [5.41, 5.74) is 7.22. The second-order valence-electron chi connectivity index (χ2n) is 14.2. The van der Waals surface area contributed by atoms with Crippen LogP contribution in [0.5, 0.6) is 0 Å². The number of hydrogen-bond donors (Lipinski definition) is 10. The molecule has 20 nitrogen and oxygen atoms in total. The predicted octanol–water partition coefficient (Wildman–Crippen LogP) is 0.0218. The Hall–Kier alpha value is -6.72. The van der Waals surface area contributed by atoms with Gasteiger partial charge in [-0.1, -0.05) is 46.3 Å². The van der Waals surface area contributed by atoms with Crippen molar-refractivity contribution in [3.8, 4) is 0 Å². The first kappa shape index (κ1) is 48.9. The van der Waals surface area contributed by atoms with E-state index in [0.717, 1.165) is 12.1 Å². The Bertz CT molecular complexity index is 2500. The van der Waals surface area contributed by atoms with E-state index in [2.05, 4.69) is 47.5 Å². The van der Waals surface area contributed by atoms with Crippen LogP contribution in [0.3, 0.4) is 0 Å². The zero-order valence-corrected chi connectivity index (χ0v) is 35.8. The first-order chi connectivity index (χ1) is 29.7. The van der Waals surface area contributed by atoms with Gasteiger partial charge in [0.05, 0.1) is 24.4 Å². The average molecular weight is 960 g/mol. The van der Waals surface area contributed by atoms with Crippen LogP contribution in [-0.4, -0.2) is 108 Å². The molecule has 1 heterocycles. The summed E-state index contributed by atoms with van der Waals surface area (Å²) in [4.78, 5) is 104. The second kappa shape index (κ2) is 22.4. The number of benzene rings is 3. The van der Waals surface area contributed by atoms with Crippen LogP contribution in [0.4, 0.5) is 4.39 Å². The van der Waals surface area contributed by atoms with Crippen LogP contribution < -0.4 is 37.0 Å². The van der Waals surface area contributed by atoms with Crippen LogP contribution in [-0.2, 0) is 61.2 Å². The molecule has 0 aliphatic carbocycles. The molecule has 0 saturated carbocycles. The molecule has 4 unspecified atom stereocenters. The number of carboxylic acids is 2. The van der Waals surface area contributed by atoms with Gasteiger partial charge in [0.15, 0.2) is 0 Å². The molecule has 0 aliphatic rings. The van der Waals surface area contributed by atoms with Gasteiger partial charge in [-0.25, -0.2) is 12.8 Å². The van der Waals surface area contributed by atoms with E-state index in [1.807, 2.05) is 4.72 Å². The van der Waals surface area contributed by atoms with Gasteiger partial charge in [0, 0.05) is 40.8 Å². The van der Waals surface area contributed by atoms with Gasteiger partial charge in [0.1, 0.15) is 30.0 Å². The number of aryl methyl sites for hydroxylation is 1. The predicted molar refractivity (Wildman–Crippen MR) is 225 cm³/mol. The normalized spacial score (nSPS) is 13.1. The van der Waals surface area contributed by atoms with Crippen LogP contribution in [0.15, 0.2) is 82.3 Å². The van der Waals surface area contributed by atoms with E-state index in [9.17, 15) is 56.3 Å². The number of nitrogens with one attached hydrogen (secondary N) is 7. The molecule has 0 saturated heterocycles. The Labute approximate surface area is 367 Å². The van der Waals surface area contributed by atoms with E-state index in [1.54, 1.807) is 30.5 Å². The average Bonchev–Trinajstić information content (AvgIpc) is 3.61. The molecule has 0 aliphatic heterocycles. The highest BCUT2D eigenvalue weighted by Crippen LogP contribution is 2.21. The van der Waals surface area contributed by atoms with E-state index in [-0.39, 0.29) is 29.7 Å². The molecule has 11 N–H and O–H groups in total. The third-order valence-electron chi connectivity index (χ3n) is 9.31. The van der Waals surface area contributed by atoms with Crippen molar-refractivity contribution >= 4 is 84.2 Å². The molecular weight excluding hydrogens is 915 g/mol. The van der Waals surface area contributed by atoms with Crippen molar-refractivity contribution in [2.45, 2.75) is 68.1 Å². The lowest BCUT2D eigenvalue weighted by atomic mass is 10.0. The van der Waals surface area contributed by atoms with Crippen LogP contribution in [0.1, 0.15) is 36.0 Å². The number of amides is 6. The number of carbonyl (C=O) groups excluding carboxylic acids is 6. The highest BCUT2D eigenvalue weighted by molar-refractivity contribution is 9.10. The van der Waals surface area contributed by atoms with Crippen LogP contribution in [0.25, 0.3) is 10.9 Å². The topological polar surface area (TPSA) is 325 Å². The summed E-state index contributed by atoms with van der Waals surface area (Å²) >= 11 is 3.21. The van der Waals surface area contributed by atoms with E-state index in [1.165, 1.54) is 37.3 Å². The van der Waals surface area contributed by atoms with Crippen molar-refractivity contribution < 1.29 is 61.4 Å². The number of sulfonamides is 1. The molecule has 6 amide bonds. The van der Waals surface area contributed by atoms with Gasteiger partial charge in [0.25, 0.3) is 0 Å². The van der Waals surface area contributed by atoms with E-state index in [4.69, 9.17) is 10.8 Å². The number of hydrogen-bond acceptors (Lipinski definition) is 10. The fourth-order valence-corrected chi connectivity index (χ4v) is 8.14. The summed E-state index contributed by atoms with van der Waals surface area (Å²) in [7, 11) is -4.41. The molecule has 0 radical (unpaired) electrons. The smallest absolute Gasteiger partial charge is 0.305 e. The molecule has 3 aromatic carbocycles. The van der Waals surface area contributed by atoms with Gasteiger partial charge in [-0.15, -0.1) is 0 Å². The van der Waals surface area contributed by atoms with E-state index >= 15 is 0 Å². The van der Waals surface area contributed by atoms with Crippen LogP contribution in [0, 0.1) is 12.7 Å². The largest absolute Gasteiger partial charge is 0.481 e. The minimum atomic E-state index is -4.41. The van der Waals surface area contributed by atoms with Crippen LogP contribution >= 0.6 is 15.9 Å². The quantitative estimate of drug-likeness (QED) is 0.0471. The number of rotatable bonds is 23. The maximum atomic E-state index is 14.2. The Morgan fingerprint density at radius 2 is 1.43 bits per heavy atom. The van der Waals surface area contributed by atoms with Gasteiger partial charge in [0.2, 0.25) is 45.5 Å². The second-order valence-corrected chi connectivity index (χ2v) is 16.7. The third kappa shape index (κ3) is 15.0. The number of halogens is 2. The monoisotopic (exact) mass is 958 g/mol. The van der Waals surface area contributed by atoms with Crippen molar-refractivity contribution in [1.82, 2.24) is 36.3 Å². The number of aromatic nitrogens is 1. The Morgan fingerprint density at radius 3 is 2.08 bits per heavy atom. The number of aromatic amines is 1. The number of para-hydroxylation sites is 1. The summed E-state index contributed by atoms with van der Waals surface area (Å²) in [5, 5.41) is 30.9. The molecule has 336 valence electrons. The summed E-state index contributed by atoms with van der Waals surface area (Å²) in [6.07, 6.45) is -0.763. The standard InChI is InChI=1S/C40H44BrFN8O12S/c1-21-13-24(41)9-11-32(21)63(61,62)50-31(17-36(55)56)38(58)46-19-33(51)45-20-34(52)47-29(15-22-5-4-6-25(42)14-22)39(59)49-30(16-23-18-44-27-8-3-2-7-26(23)27)40(60)48-28(37(43)57)10-12-35(53)54/h2-9,11,13-14,18,28-31,44,50H,10,12,15-17,19-20H2,1H3,(H2,43,57)(H,45,51)(H,46,58)(H,47,52)(H,48,60)(H,49,59)(H,53,54)(H,55,56). The van der Waals surface area contributed by atoms with Crippen molar-refractivity contribution in [2.75, 3.05) is 13.1 Å². The van der Waals surface area contributed by atoms with Crippen molar-refractivity contribution in [1.29, 1.82) is 0 Å². The first-order valence-electron chi connectivity index (χ1n) is 19.0. The molecule has 4 rings (SSSR count). The summed E-state index contributed by atoms with van der Waals surface area (Å²) in [6.45, 7) is -0.141. The number of carboxylic acid groups (broad SMARTS) is 2. The Balaban J connectivity index is 1.47. The van der Waals surface area contributed by atoms with Gasteiger partial charge in [-0.05, 0) is 66.4 Å². The molecular formula is C40H44BrFN8O12S. The van der Waals surface area contributed by atoms with Gasteiger partial charge < -0.3 is 47.5 Å². The summed E-state index contributed by atoms with van der Waals surface area (Å²) in [5.74, 6) is -9.47. The molecule has 0 spiro atoms. The lowest BCUT2D eigenvalue weighted by molar-refractivity contribution is -0.140. The molecule has 23 heteroatoms. The molecule has 1 aromatic heterocycles. The Kier molecular flexibility index (Phi) is 17.4. The SMILES string of the molecule is Cc1cc(Br)ccc1S(=O)(=O)NC(CC(=O)O)C(=O)NCC(=O)NCC(=O)NC(Cc1cccc(F)c1)C(=O)NC(Cc1c[nH]c2ccccc12)C(=O)NC(CCC(=O)O)C(N)=O. The lowest BCUT2D eigenvalue weighted by Gasteiger charge is -2.25. The number of nitrogens with two attached hydrogens (primary N) is 1. The molecule has 63 heavy (non-hydrogen) atoms. The van der Waals surface area contributed by atoms with Crippen molar-refractivity contribution in [3.05, 3.63) is 99.9 Å². The number of aliphatic carboxylic acids is 2. The molecule has 4 atom stereocenters. The Morgan fingerprint density at radius 1 is 0.762 bits per heavy atom. The van der Waals surface area contributed by atoms with Gasteiger partial charge in [-0.2, -0.15) is 4.72 Å². The minimum Gasteiger partial charge on any atom is -0.481 e. The summed E-state index contributed by atoms with van der Waals surface area (Å²) in [6, 6.07) is 10.0. The zero-order valence-electron chi connectivity index (χ0n) is 33.4. The number of carbonyl (C=O) groups is 8. The number of fused-ring (bicyclic) bond motifs is 1. The minimum absolute atomic E-state index is 0.174. The zero-order chi connectivity index (χ0) is 46.4. The van der Waals surface area contributed by atoms with Gasteiger partial charge >= 0.3 is 11.9 Å². The van der Waals surface area contributed by atoms with Crippen molar-refractivity contribution in [3.63, 3.8) is 0 Å². The van der Waals surface area contributed by atoms with Gasteiger partial charge in [-0.3, -0.25) is 38.4 Å². The first-order valence-corrected chi connectivity index (χ1v) is 21.2. The fraction of sp³-hybridized carbons (Fsp3) is 0.300. The number of primary amides is 1. The molecule has 4 aromatic rings. The van der Waals surface area contributed by atoms with Crippen LogP contribution in [0.2, 0.25) is 0 Å². The highest BCUT2D eigenvalue weighted by atomic mass is 79.9. The lowest BCUT2D eigenvalue weighted by Crippen LogP contribution is -2.58. The maximum Gasteiger partial charge on any atom is 0.305 e. The van der Waals surface area contributed by atoms with E-state index < -0.39 is 113 Å². The van der Waals surface area contributed by atoms with E-state index in [0.29, 0.717) is 26.5 Å². The molecule has 0 bridgehead atoms. The highest BCUT2D eigenvalue weighted by Gasteiger charge is 2.32. The third-order valence-corrected chi connectivity index (χ3v) is 11.4. The molecule has 0 fully saturated rings. The number of H-pyrrole nitrogens is 1.